The molecule has 4 aromatic heterocycles. The van der Waals surface area contributed by atoms with E-state index in [0.29, 0.717) is 33.0 Å². The van der Waals surface area contributed by atoms with Gasteiger partial charge in [-0.05, 0) is 24.3 Å². The van der Waals surface area contributed by atoms with Crippen LogP contribution >= 0.6 is 31.3 Å². The third-order valence-electron chi connectivity index (χ3n) is 17.5. The van der Waals surface area contributed by atoms with Crippen molar-refractivity contribution >= 4 is 31.3 Å². The molecule has 8 aliphatic heterocycles. The van der Waals surface area contributed by atoms with E-state index in [9.17, 15) is 115 Å². The predicted molar refractivity (Wildman–Crippen MR) is 371 cm³/mol. The van der Waals surface area contributed by atoms with Crippen molar-refractivity contribution in [3.63, 3.8) is 0 Å². The number of aromatic nitrogens is 8. The minimum absolute atomic E-state index is 0.0196. The van der Waals surface area contributed by atoms with E-state index in [1.807, 2.05) is 0 Å². The Morgan fingerprint density at radius 1 is 0.375 bits per heavy atom. The Kier molecular flexibility index (Phi) is 22.7. The number of H-pyrrole nitrogens is 4. The summed E-state index contributed by atoms with van der Waals surface area (Å²) in [5, 5.41) is 81.1. The first-order valence-electron chi connectivity index (χ1n) is 36.5. The second kappa shape index (κ2) is 34.0. The van der Waals surface area contributed by atoms with Gasteiger partial charge < -0.3 is 77.9 Å². The first-order valence-corrected chi connectivity index (χ1v) is 39.3. The summed E-state index contributed by atoms with van der Waals surface area (Å²) in [6.07, 6.45) is -29.6. The zero-order valence-corrected chi connectivity index (χ0v) is 62.8. The van der Waals surface area contributed by atoms with Gasteiger partial charge in [0.05, 0.1) is 59.4 Å². The lowest BCUT2D eigenvalue weighted by molar-refractivity contribution is -0.205. The van der Waals surface area contributed by atoms with E-state index >= 15 is 17.6 Å². The van der Waals surface area contributed by atoms with Crippen molar-refractivity contribution in [1.82, 2.24) is 38.2 Å². The second-order valence-electron chi connectivity index (χ2n) is 25.5. The average Bonchev–Trinajstić information content (AvgIpc) is 1.57. The smallest absolute Gasteiger partial charge is 0.404 e. The number of hydrogen-bond acceptors (Lipinski definition) is 36. The summed E-state index contributed by atoms with van der Waals surface area (Å²) in [5.41, 5.74) is -9.19. The molecule has 0 radical (unpaired) electrons. The number of para-hydroxylation sites is 4. The van der Waals surface area contributed by atoms with Crippen molar-refractivity contribution in [2.75, 3.05) is 26.3 Å². The number of aliphatic hydroxyl groups excluding tert-OH is 8. The van der Waals surface area contributed by atoms with Crippen molar-refractivity contribution < 1.29 is 176 Å². The number of fused-ring (bicyclic) bond motifs is 4. The Morgan fingerprint density at radius 2 is 0.617 bits per heavy atom. The highest BCUT2D eigenvalue weighted by Crippen LogP contribution is 2.60. The number of alkyl halides is 4. The van der Waals surface area contributed by atoms with Crippen LogP contribution in [0.1, 0.15) is 55.3 Å². The van der Waals surface area contributed by atoms with E-state index in [4.69, 9.17) is 67.7 Å². The number of halogens is 8. The fourth-order valence-corrected chi connectivity index (χ4v) is 15.9. The number of aromatic amines is 4. The number of nitrogens with zero attached hydrogens (tertiary/aromatic N) is 4. The second-order valence-corrected chi connectivity index (χ2v) is 31.7. The molecule has 648 valence electrons. The molecule has 20 atom stereocenters. The maximum absolute atomic E-state index is 15.7. The van der Waals surface area contributed by atoms with E-state index in [2.05, 4.69) is 13.8 Å². The average molecular weight is 1800 g/mol. The van der Waals surface area contributed by atoms with Crippen molar-refractivity contribution in [2.24, 2.45) is 0 Å². The van der Waals surface area contributed by atoms with Crippen LogP contribution in [0.5, 0.6) is 23.0 Å². The lowest BCUT2D eigenvalue weighted by Gasteiger charge is -2.28. The number of aliphatic hydroxyl groups is 8. The lowest BCUT2D eigenvalue weighted by Crippen LogP contribution is -2.43. The molecule has 8 aromatic rings. The molecule has 12 N–H and O–H groups in total. The number of phosphoric acid groups is 4. The first-order chi connectivity index (χ1) is 58.7. The van der Waals surface area contributed by atoms with Crippen LogP contribution in [0.4, 0.5) is 35.1 Å². The normalized spacial score (nSPS) is 35.3. The van der Waals surface area contributed by atoms with Crippen LogP contribution in [-0.4, -0.2) is 178 Å². The van der Waals surface area contributed by atoms with Crippen LogP contribution in [-0.2, 0) is 99.8 Å². The van der Waals surface area contributed by atoms with E-state index in [0.717, 1.165) is 0 Å². The van der Waals surface area contributed by atoms with Gasteiger partial charge in [0.15, 0.2) is 24.9 Å². The molecule has 0 amide bonds. The Bertz CT molecular complexity index is 6310. The van der Waals surface area contributed by atoms with Gasteiger partial charge in [-0.3, -0.25) is 93.6 Å². The fraction of sp³-hybridized carbons (Fsp3) is 0.375. The minimum Gasteiger partial charge on any atom is -0.404 e. The minimum atomic E-state index is -4.87. The SMILES string of the molecule is O=c1[nH]c(=O)n([C@@H]2O[C@](F)(COP3(=O)OCc4ccccc4O3)[C@@H](O)[C@H]2O)cc1F.[2H]C([2H])(OP1(=O)OCc2ccccc2O1)[C@@]1(F)O[C@@H](n2cc(F)c(=O)[nH]c2=O)[C@H](O)[C@@H]1O.[2H]C([2H])(OP1(=O)OCc2ccccc2O1)[C@@]1(F)O[C@@]([2H])(n2cc(F)c(=O)[nH]c2=O)[C@H](O)[C@@H]1O.[2H][C@@]1(n2cc(F)c(=O)[nH]c2=O)O[C@](F)(COP2(=O)OCc3ccccc3O2)[C@@H](O)[C@H]1O. The summed E-state index contributed by atoms with van der Waals surface area (Å²) in [7, 11) is -18.3. The summed E-state index contributed by atoms with van der Waals surface area (Å²) >= 11 is 0. The van der Waals surface area contributed by atoms with Crippen LogP contribution in [0.2, 0.25) is 0 Å². The fourth-order valence-electron chi connectivity index (χ4n) is 11.3. The van der Waals surface area contributed by atoms with Gasteiger partial charge in [-0.25, -0.2) is 55.0 Å². The Morgan fingerprint density at radius 3 is 0.950 bits per heavy atom. The van der Waals surface area contributed by atoms with E-state index in [-0.39, 0.29) is 81.7 Å². The van der Waals surface area contributed by atoms with E-state index < -0.39 is 223 Å². The molecule has 0 spiro atoms. The Hall–Kier alpha value is -9.64. The van der Waals surface area contributed by atoms with Gasteiger partial charge in [0, 0.05) is 22.3 Å². The van der Waals surface area contributed by atoms with Gasteiger partial charge in [-0.2, -0.15) is 17.6 Å². The number of ether oxygens (including phenoxy) is 4. The monoisotopic (exact) mass is 1800 g/mol. The molecule has 8 aliphatic rings. The highest BCUT2D eigenvalue weighted by molar-refractivity contribution is 7.49. The number of rotatable bonds is 16. The molecule has 0 saturated carbocycles. The molecule has 4 fully saturated rings. The topological polar surface area (TPSA) is 597 Å². The molecule has 44 nitrogen and oxygen atoms in total. The molecular weight excluding hydrogens is 1730 g/mol. The molecule has 16 rings (SSSR count). The standard InChI is InChI=1S/4C16H15F2N2O9P/c4*17-9-5-20(15(24)19-13(9)23)14-11(21)12(22)16(18,28-14)7-27-30(25)26-6-8-3-1-2-4-10(8)29-30/h4*1-5,11-12,14,21-22H,6-7H2,(H,19,23,24)/t4*11-,12+,14-,16-,30?/m1111/s1/i7D2,14D;14D;7D2;. The molecule has 4 saturated heterocycles. The number of benzene rings is 4. The molecule has 4 aromatic carbocycles. The van der Waals surface area contributed by atoms with Gasteiger partial charge in [-0.1, -0.05) is 72.8 Å². The maximum Gasteiger partial charge on any atom is 0.530 e. The van der Waals surface area contributed by atoms with Crippen molar-refractivity contribution in [1.29, 1.82) is 0 Å². The van der Waals surface area contributed by atoms with Crippen molar-refractivity contribution in [2.45, 2.75) is 124 Å². The summed E-state index contributed by atoms with van der Waals surface area (Å²) in [4.78, 5) is 98.5. The molecule has 0 bridgehead atoms. The molecule has 120 heavy (non-hydrogen) atoms. The maximum atomic E-state index is 15.7. The van der Waals surface area contributed by atoms with Crippen LogP contribution in [0, 0.1) is 23.3 Å². The quantitative estimate of drug-likeness (QED) is 0.0479. The number of nitrogens with one attached hydrogen (secondary N) is 4. The molecule has 4 unspecified atom stereocenters. The van der Waals surface area contributed by atoms with Crippen LogP contribution in [0.25, 0.3) is 0 Å². The number of hydrogen-bond donors (Lipinski definition) is 12. The Balaban J connectivity index is 0.000000144. The Labute approximate surface area is 667 Å². The molecule has 0 aliphatic carbocycles. The summed E-state index contributed by atoms with van der Waals surface area (Å²) < 4.78 is 293. The highest BCUT2D eigenvalue weighted by atomic mass is 31.2. The van der Waals surface area contributed by atoms with Gasteiger partial charge in [0.1, 0.15) is 98.2 Å². The summed E-state index contributed by atoms with van der Waals surface area (Å²) in [6, 6.07) is 24.9. The third-order valence-corrected chi connectivity index (χ3v) is 22.4. The van der Waals surface area contributed by atoms with Gasteiger partial charge in [-0.15, -0.1) is 0 Å². The summed E-state index contributed by atoms with van der Waals surface area (Å²) in [5.74, 6) is -20.4. The molecule has 56 heteroatoms. The van der Waals surface area contributed by atoms with Crippen molar-refractivity contribution in [3.05, 3.63) is 251 Å². The largest absolute Gasteiger partial charge is 0.530 e. The zero-order chi connectivity index (χ0) is 92.2. The van der Waals surface area contributed by atoms with E-state index in [1.54, 1.807) is 65.6 Å². The predicted octanol–water partition coefficient (Wildman–Crippen LogP) is 1.30. The van der Waals surface area contributed by atoms with E-state index in [1.165, 1.54) is 51.4 Å². The van der Waals surface area contributed by atoms with Gasteiger partial charge in [0.2, 0.25) is 23.3 Å². The number of phosphoric ester groups is 4. The highest BCUT2D eigenvalue weighted by Gasteiger charge is 2.62. The summed E-state index contributed by atoms with van der Waals surface area (Å²) in [6.45, 7) is -11.3. The van der Waals surface area contributed by atoms with Gasteiger partial charge in [0.25, 0.3) is 45.7 Å². The van der Waals surface area contributed by atoms with Crippen LogP contribution < -0.4 is 63.1 Å². The van der Waals surface area contributed by atoms with Crippen molar-refractivity contribution in [3.8, 4) is 23.0 Å². The molecular formula is C64H60F8N8O36P4. The van der Waals surface area contributed by atoms with Crippen LogP contribution in [0.15, 0.2) is 160 Å². The van der Waals surface area contributed by atoms with Crippen LogP contribution in [0.3, 0.4) is 0 Å². The lowest BCUT2D eigenvalue weighted by atomic mass is 10.1. The molecule has 12 heterocycles. The third kappa shape index (κ3) is 18.1. The van der Waals surface area contributed by atoms with Gasteiger partial charge >= 0.3 is 54.0 Å². The first kappa shape index (κ1) is 80.1. The zero-order valence-electron chi connectivity index (χ0n) is 65.2.